The second-order valence-electron chi connectivity index (χ2n) is 6.27. The molecule has 114 valence electrons. The van der Waals surface area contributed by atoms with Gasteiger partial charge in [-0.15, -0.1) is 0 Å². The van der Waals surface area contributed by atoms with Crippen molar-refractivity contribution in [2.24, 2.45) is 5.92 Å². The van der Waals surface area contributed by atoms with E-state index in [1.54, 1.807) is 0 Å². The fourth-order valence-corrected chi connectivity index (χ4v) is 3.35. The van der Waals surface area contributed by atoms with Gasteiger partial charge in [-0.05, 0) is 43.7 Å². The zero-order chi connectivity index (χ0) is 14.5. The maximum atomic E-state index is 12.0. The van der Waals surface area contributed by atoms with E-state index in [4.69, 9.17) is 0 Å². The summed E-state index contributed by atoms with van der Waals surface area (Å²) in [7, 11) is 0. The number of anilines is 1. The molecule has 0 spiro atoms. The molecule has 1 aliphatic heterocycles. The maximum absolute atomic E-state index is 12.0. The number of nitrogens with zero attached hydrogens (tertiary/aromatic N) is 2. The van der Waals surface area contributed by atoms with Crippen LogP contribution in [-0.2, 0) is 11.3 Å². The summed E-state index contributed by atoms with van der Waals surface area (Å²) in [4.78, 5) is 18.9. The number of nitrogens with one attached hydrogen (secondary N) is 1. The number of aromatic nitrogens is 1. The van der Waals surface area contributed by atoms with Crippen LogP contribution in [0.3, 0.4) is 0 Å². The number of pyridine rings is 1. The van der Waals surface area contributed by atoms with Gasteiger partial charge in [0.15, 0.2) is 0 Å². The van der Waals surface area contributed by atoms with Gasteiger partial charge in [0, 0.05) is 31.7 Å². The lowest BCUT2D eigenvalue weighted by atomic mass is 10.1. The molecule has 1 aromatic heterocycles. The fourth-order valence-electron chi connectivity index (χ4n) is 3.35. The second-order valence-corrected chi connectivity index (χ2v) is 6.27. The van der Waals surface area contributed by atoms with Gasteiger partial charge in [-0.1, -0.05) is 18.9 Å². The molecular weight excluding hydrogens is 262 g/mol. The van der Waals surface area contributed by atoms with Crippen LogP contribution in [0.25, 0.3) is 0 Å². The Hall–Kier alpha value is -1.58. The molecule has 0 unspecified atom stereocenters. The van der Waals surface area contributed by atoms with Gasteiger partial charge < -0.3 is 10.2 Å². The Morgan fingerprint density at radius 2 is 1.90 bits per heavy atom. The van der Waals surface area contributed by atoms with Gasteiger partial charge in [0.2, 0.25) is 5.91 Å². The lowest BCUT2D eigenvalue weighted by Crippen LogP contribution is -2.30. The molecule has 0 aromatic carbocycles. The monoisotopic (exact) mass is 287 g/mol. The smallest absolute Gasteiger partial charge is 0.223 e. The Balaban J connectivity index is 1.50. The Labute approximate surface area is 126 Å². The Morgan fingerprint density at radius 1 is 1.14 bits per heavy atom. The first-order valence-corrected chi connectivity index (χ1v) is 8.30. The van der Waals surface area contributed by atoms with Crippen LogP contribution in [-0.4, -0.2) is 24.0 Å². The van der Waals surface area contributed by atoms with Crippen LogP contribution in [0.2, 0.25) is 0 Å². The van der Waals surface area contributed by atoms with E-state index in [1.807, 2.05) is 6.20 Å². The molecule has 2 heterocycles. The van der Waals surface area contributed by atoms with Gasteiger partial charge in [-0.3, -0.25) is 4.79 Å². The average molecular weight is 287 g/mol. The molecule has 4 heteroatoms. The third-order valence-electron chi connectivity index (χ3n) is 4.68. The van der Waals surface area contributed by atoms with Crippen molar-refractivity contribution in [2.45, 2.75) is 51.5 Å². The van der Waals surface area contributed by atoms with E-state index in [0.717, 1.165) is 37.3 Å². The van der Waals surface area contributed by atoms with Crippen molar-refractivity contribution >= 4 is 11.7 Å². The molecule has 1 amide bonds. The van der Waals surface area contributed by atoms with Crippen molar-refractivity contribution in [1.29, 1.82) is 0 Å². The highest BCUT2D eigenvalue weighted by Crippen LogP contribution is 2.24. The van der Waals surface area contributed by atoms with Crippen LogP contribution in [0.4, 0.5) is 5.82 Å². The molecular formula is C17H25N3O. The molecule has 1 N–H and O–H groups in total. The summed E-state index contributed by atoms with van der Waals surface area (Å²) >= 11 is 0. The molecule has 0 radical (unpaired) electrons. The molecule has 1 aromatic rings. The van der Waals surface area contributed by atoms with Crippen LogP contribution in [0.15, 0.2) is 18.3 Å². The summed E-state index contributed by atoms with van der Waals surface area (Å²) in [5, 5.41) is 3.05. The minimum Gasteiger partial charge on any atom is -0.357 e. The summed E-state index contributed by atoms with van der Waals surface area (Å²) in [5.41, 5.74) is 1.09. The van der Waals surface area contributed by atoms with E-state index in [0.29, 0.717) is 6.54 Å². The predicted octanol–water partition coefficient (Wildman–Crippen LogP) is 2.88. The van der Waals surface area contributed by atoms with Gasteiger partial charge >= 0.3 is 0 Å². The normalized spacial score (nSPS) is 19.7. The van der Waals surface area contributed by atoms with Gasteiger partial charge in [-0.25, -0.2) is 4.98 Å². The summed E-state index contributed by atoms with van der Waals surface area (Å²) in [6.45, 7) is 2.83. The molecule has 0 atom stereocenters. The fraction of sp³-hybridized carbons (Fsp3) is 0.647. The minimum atomic E-state index is 0.215. The van der Waals surface area contributed by atoms with Crippen LogP contribution in [0, 0.1) is 5.92 Å². The van der Waals surface area contributed by atoms with Crippen molar-refractivity contribution in [1.82, 2.24) is 10.3 Å². The molecule has 2 aliphatic rings. The Kier molecular flexibility index (Phi) is 4.73. The third kappa shape index (κ3) is 3.74. The van der Waals surface area contributed by atoms with Crippen molar-refractivity contribution in [3.05, 3.63) is 23.9 Å². The quantitative estimate of drug-likeness (QED) is 0.926. The van der Waals surface area contributed by atoms with E-state index in [9.17, 15) is 4.79 Å². The van der Waals surface area contributed by atoms with Crippen LogP contribution in [0.5, 0.6) is 0 Å². The highest BCUT2D eigenvalue weighted by Gasteiger charge is 2.22. The van der Waals surface area contributed by atoms with Crippen LogP contribution >= 0.6 is 0 Å². The Morgan fingerprint density at radius 3 is 2.57 bits per heavy atom. The number of carbonyl (C=O) groups excluding carboxylic acids is 1. The topological polar surface area (TPSA) is 45.2 Å². The maximum Gasteiger partial charge on any atom is 0.223 e. The zero-order valence-corrected chi connectivity index (χ0v) is 12.7. The lowest BCUT2D eigenvalue weighted by Gasteiger charge is -2.27. The van der Waals surface area contributed by atoms with E-state index in [1.165, 1.54) is 32.1 Å². The molecule has 2 fully saturated rings. The highest BCUT2D eigenvalue weighted by molar-refractivity contribution is 5.78. The first kappa shape index (κ1) is 14.4. The molecule has 3 rings (SSSR count). The molecule has 21 heavy (non-hydrogen) atoms. The SMILES string of the molecule is O=C(NCc1ccc(N2CCCCC2)nc1)C1CCCC1. The average Bonchev–Trinajstić information content (AvgIpc) is 3.08. The van der Waals surface area contributed by atoms with Crippen LogP contribution in [0.1, 0.15) is 50.5 Å². The van der Waals surface area contributed by atoms with Gasteiger partial charge in [0.05, 0.1) is 0 Å². The second kappa shape index (κ2) is 6.92. The minimum absolute atomic E-state index is 0.215. The number of carbonyl (C=O) groups is 1. The van der Waals surface area contributed by atoms with Crippen molar-refractivity contribution in [3.63, 3.8) is 0 Å². The number of hydrogen-bond donors (Lipinski definition) is 1. The zero-order valence-electron chi connectivity index (χ0n) is 12.7. The van der Waals surface area contributed by atoms with E-state index < -0.39 is 0 Å². The third-order valence-corrected chi connectivity index (χ3v) is 4.68. The van der Waals surface area contributed by atoms with E-state index in [-0.39, 0.29) is 11.8 Å². The Bertz CT molecular complexity index is 459. The summed E-state index contributed by atoms with van der Waals surface area (Å²) in [6.07, 6.45) is 10.3. The summed E-state index contributed by atoms with van der Waals surface area (Å²) in [5.74, 6) is 1.53. The molecule has 0 bridgehead atoms. The molecule has 1 aliphatic carbocycles. The largest absolute Gasteiger partial charge is 0.357 e. The first-order chi connectivity index (χ1) is 10.3. The predicted molar refractivity (Wildman–Crippen MR) is 84.1 cm³/mol. The molecule has 1 saturated heterocycles. The standard InChI is InChI=1S/C17H25N3O/c21-17(15-6-2-3-7-15)19-13-14-8-9-16(18-12-14)20-10-4-1-5-11-20/h8-9,12,15H,1-7,10-11,13H2,(H,19,21). The lowest BCUT2D eigenvalue weighted by molar-refractivity contribution is -0.124. The molecule has 4 nitrogen and oxygen atoms in total. The van der Waals surface area contributed by atoms with Crippen molar-refractivity contribution < 1.29 is 4.79 Å². The highest BCUT2D eigenvalue weighted by atomic mass is 16.1. The molecule has 1 saturated carbocycles. The number of piperidine rings is 1. The van der Waals surface area contributed by atoms with Crippen LogP contribution < -0.4 is 10.2 Å². The van der Waals surface area contributed by atoms with Gasteiger partial charge in [0.25, 0.3) is 0 Å². The van der Waals surface area contributed by atoms with Gasteiger partial charge in [0.1, 0.15) is 5.82 Å². The summed E-state index contributed by atoms with van der Waals surface area (Å²) in [6, 6.07) is 4.17. The van der Waals surface area contributed by atoms with Gasteiger partial charge in [-0.2, -0.15) is 0 Å². The first-order valence-electron chi connectivity index (χ1n) is 8.30. The van der Waals surface area contributed by atoms with E-state index in [2.05, 4.69) is 27.3 Å². The summed E-state index contributed by atoms with van der Waals surface area (Å²) < 4.78 is 0. The number of rotatable bonds is 4. The number of amides is 1. The van der Waals surface area contributed by atoms with E-state index >= 15 is 0 Å². The van der Waals surface area contributed by atoms with Crippen molar-refractivity contribution in [3.8, 4) is 0 Å². The number of hydrogen-bond acceptors (Lipinski definition) is 3. The van der Waals surface area contributed by atoms with Crippen molar-refractivity contribution in [2.75, 3.05) is 18.0 Å².